The summed E-state index contributed by atoms with van der Waals surface area (Å²) in [6.45, 7) is 3.49. The summed E-state index contributed by atoms with van der Waals surface area (Å²) in [6.07, 6.45) is 5.17. The molecule has 1 atom stereocenters. The van der Waals surface area contributed by atoms with E-state index in [4.69, 9.17) is 0 Å². The van der Waals surface area contributed by atoms with Crippen molar-refractivity contribution in [2.45, 2.75) is 38.6 Å². The number of fused-ring (bicyclic) bond motifs is 1. The Morgan fingerprint density at radius 1 is 1.33 bits per heavy atom. The summed E-state index contributed by atoms with van der Waals surface area (Å²) in [5, 5.41) is 0. The highest BCUT2D eigenvalue weighted by atomic mass is 15.1. The van der Waals surface area contributed by atoms with E-state index in [2.05, 4.69) is 43.1 Å². The van der Waals surface area contributed by atoms with Gasteiger partial charge in [0, 0.05) is 6.04 Å². The minimum absolute atomic E-state index is 0.674. The first kappa shape index (κ1) is 10.7. The molecule has 0 fully saturated rings. The first-order valence-corrected chi connectivity index (χ1v) is 6.11. The van der Waals surface area contributed by atoms with Crippen molar-refractivity contribution in [2.75, 3.05) is 13.6 Å². The van der Waals surface area contributed by atoms with Crippen molar-refractivity contribution in [3.63, 3.8) is 0 Å². The SMILES string of the molecule is CCCCN(C)C1CCc2ccccc21. The third-order valence-corrected chi connectivity index (χ3v) is 3.50. The molecule has 0 radical (unpaired) electrons. The second-order valence-corrected chi connectivity index (χ2v) is 4.59. The van der Waals surface area contributed by atoms with Crippen molar-refractivity contribution >= 4 is 0 Å². The molecule has 0 heterocycles. The van der Waals surface area contributed by atoms with Gasteiger partial charge >= 0.3 is 0 Å². The summed E-state index contributed by atoms with van der Waals surface area (Å²) in [5.41, 5.74) is 3.13. The number of rotatable bonds is 4. The van der Waals surface area contributed by atoms with Crippen LogP contribution < -0.4 is 0 Å². The van der Waals surface area contributed by atoms with Gasteiger partial charge in [-0.25, -0.2) is 0 Å². The molecule has 0 aliphatic heterocycles. The Labute approximate surface area is 93.1 Å². The van der Waals surface area contributed by atoms with E-state index in [1.165, 1.54) is 32.2 Å². The third kappa shape index (κ3) is 2.23. The summed E-state index contributed by atoms with van der Waals surface area (Å²) in [4.78, 5) is 2.52. The lowest BCUT2D eigenvalue weighted by Gasteiger charge is -2.24. The summed E-state index contributed by atoms with van der Waals surface area (Å²) >= 11 is 0. The van der Waals surface area contributed by atoms with E-state index in [0.717, 1.165) is 0 Å². The largest absolute Gasteiger partial charge is 0.299 e. The fourth-order valence-electron chi connectivity index (χ4n) is 2.56. The average Bonchev–Trinajstić information content (AvgIpc) is 2.69. The molecular weight excluding hydrogens is 182 g/mol. The molecule has 1 aromatic rings. The fourth-order valence-corrected chi connectivity index (χ4v) is 2.56. The lowest BCUT2D eigenvalue weighted by Crippen LogP contribution is -2.23. The molecule has 0 spiro atoms. The van der Waals surface area contributed by atoms with Gasteiger partial charge in [-0.2, -0.15) is 0 Å². The summed E-state index contributed by atoms with van der Waals surface area (Å²) in [7, 11) is 2.27. The highest BCUT2D eigenvalue weighted by Gasteiger charge is 2.24. The van der Waals surface area contributed by atoms with Gasteiger partial charge in [-0.05, 0) is 44.0 Å². The number of hydrogen-bond acceptors (Lipinski definition) is 1. The van der Waals surface area contributed by atoms with E-state index in [-0.39, 0.29) is 0 Å². The van der Waals surface area contributed by atoms with Gasteiger partial charge in [0.2, 0.25) is 0 Å². The molecule has 1 unspecified atom stereocenters. The maximum Gasteiger partial charge on any atom is 0.0350 e. The van der Waals surface area contributed by atoms with Crippen LogP contribution in [0.1, 0.15) is 43.4 Å². The van der Waals surface area contributed by atoms with Gasteiger partial charge in [-0.3, -0.25) is 4.90 Å². The van der Waals surface area contributed by atoms with Crippen LogP contribution in [0.3, 0.4) is 0 Å². The maximum absolute atomic E-state index is 2.52. The standard InChI is InChI=1S/C14H21N/c1-3-4-11-15(2)14-10-9-12-7-5-6-8-13(12)14/h5-8,14H,3-4,9-11H2,1-2H3. The molecule has 1 aromatic carbocycles. The van der Waals surface area contributed by atoms with Crippen LogP contribution in [0, 0.1) is 0 Å². The van der Waals surface area contributed by atoms with E-state index in [1.807, 2.05) is 0 Å². The minimum atomic E-state index is 0.674. The zero-order valence-electron chi connectivity index (χ0n) is 9.87. The molecule has 15 heavy (non-hydrogen) atoms. The van der Waals surface area contributed by atoms with Crippen molar-refractivity contribution in [2.24, 2.45) is 0 Å². The summed E-state index contributed by atoms with van der Waals surface area (Å²) in [6, 6.07) is 9.59. The van der Waals surface area contributed by atoms with E-state index in [9.17, 15) is 0 Å². The molecule has 1 aliphatic rings. The Morgan fingerprint density at radius 2 is 2.13 bits per heavy atom. The Kier molecular flexibility index (Phi) is 3.42. The molecule has 82 valence electrons. The van der Waals surface area contributed by atoms with Crippen molar-refractivity contribution in [3.05, 3.63) is 35.4 Å². The molecule has 2 rings (SSSR count). The minimum Gasteiger partial charge on any atom is -0.299 e. The second-order valence-electron chi connectivity index (χ2n) is 4.59. The van der Waals surface area contributed by atoms with Gasteiger partial charge in [0.15, 0.2) is 0 Å². The van der Waals surface area contributed by atoms with Crippen LogP contribution in [-0.4, -0.2) is 18.5 Å². The molecule has 0 aromatic heterocycles. The van der Waals surface area contributed by atoms with Crippen LogP contribution in [0.2, 0.25) is 0 Å². The zero-order valence-corrected chi connectivity index (χ0v) is 9.87. The van der Waals surface area contributed by atoms with Crippen molar-refractivity contribution < 1.29 is 0 Å². The molecular formula is C14H21N. The van der Waals surface area contributed by atoms with E-state index in [0.29, 0.717) is 6.04 Å². The van der Waals surface area contributed by atoms with Crippen LogP contribution in [-0.2, 0) is 6.42 Å². The van der Waals surface area contributed by atoms with E-state index >= 15 is 0 Å². The number of benzene rings is 1. The molecule has 0 amide bonds. The lowest BCUT2D eigenvalue weighted by atomic mass is 10.1. The van der Waals surface area contributed by atoms with Gasteiger partial charge in [-0.15, -0.1) is 0 Å². The van der Waals surface area contributed by atoms with Crippen LogP contribution >= 0.6 is 0 Å². The molecule has 0 saturated heterocycles. The van der Waals surface area contributed by atoms with E-state index < -0.39 is 0 Å². The lowest BCUT2D eigenvalue weighted by molar-refractivity contribution is 0.241. The number of aryl methyl sites for hydroxylation is 1. The van der Waals surface area contributed by atoms with Crippen LogP contribution in [0.5, 0.6) is 0 Å². The Morgan fingerprint density at radius 3 is 2.93 bits per heavy atom. The number of unbranched alkanes of at least 4 members (excludes halogenated alkanes) is 1. The Balaban J connectivity index is 2.06. The Bertz CT molecular complexity index is 319. The topological polar surface area (TPSA) is 3.24 Å². The quantitative estimate of drug-likeness (QED) is 0.725. The normalized spacial score (nSPS) is 19.5. The highest BCUT2D eigenvalue weighted by Crippen LogP contribution is 2.34. The van der Waals surface area contributed by atoms with Gasteiger partial charge in [0.25, 0.3) is 0 Å². The van der Waals surface area contributed by atoms with E-state index in [1.54, 1.807) is 11.1 Å². The molecule has 0 saturated carbocycles. The summed E-state index contributed by atoms with van der Waals surface area (Å²) < 4.78 is 0. The second kappa shape index (κ2) is 4.80. The first-order valence-electron chi connectivity index (χ1n) is 6.11. The summed E-state index contributed by atoms with van der Waals surface area (Å²) in [5.74, 6) is 0. The fraction of sp³-hybridized carbons (Fsp3) is 0.571. The molecule has 1 heteroatoms. The van der Waals surface area contributed by atoms with Gasteiger partial charge in [0.05, 0.1) is 0 Å². The molecule has 1 aliphatic carbocycles. The van der Waals surface area contributed by atoms with Crippen LogP contribution in [0.15, 0.2) is 24.3 Å². The Hall–Kier alpha value is -0.820. The monoisotopic (exact) mass is 203 g/mol. The number of hydrogen-bond donors (Lipinski definition) is 0. The van der Waals surface area contributed by atoms with Gasteiger partial charge in [0.1, 0.15) is 0 Å². The maximum atomic E-state index is 2.52. The third-order valence-electron chi connectivity index (χ3n) is 3.50. The van der Waals surface area contributed by atoms with Crippen LogP contribution in [0.25, 0.3) is 0 Å². The molecule has 0 bridgehead atoms. The molecule has 1 nitrogen and oxygen atoms in total. The average molecular weight is 203 g/mol. The van der Waals surface area contributed by atoms with Gasteiger partial charge < -0.3 is 0 Å². The van der Waals surface area contributed by atoms with Crippen LogP contribution in [0.4, 0.5) is 0 Å². The van der Waals surface area contributed by atoms with Crippen molar-refractivity contribution in [3.8, 4) is 0 Å². The van der Waals surface area contributed by atoms with Crippen molar-refractivity contribution in [1.82, 2.24) is 4.90 Å². The smallest absolute Gasteiger partial charge is 0.0350 e. The predicted molar refractivity (Wildman–Crippen MR) is 65.0 cm³/mol. The number of nitrogens with zero attached hydrogens (tertiary/aromatic N) is 1. The molecule has 0 N–H and O–H groups in total. The van der Waals surface area contributed by atoms with Crippen molar-refractivity contribution in [1.29, 1.82) is 0 Å². The first-order chi connectivity index (χ1) is 7.33. The highest BCUT2D eigenvalue weighted by molar-refractivity contribution is 5.34. The van der Waals surface area contributed by atoms with Gasteiger partial charge in [-0.1, -0.05) is 37.6 Å². The predicted octanol–water partition coefficient (Wildman–Crippen LogP) is 3.41. The zero-order chi connectivity index (χ0) is 10.7.